The van der Waals surface area contributed by atoms with Gasteiger partial charge in [-0.1, -0.05) is 400 Å². The highest BCUT2D eigenvalue weighted by atomic mass is 14.5. The summed E-state index contributed by atoms with van der Waals surface area (Å²) >= 11 is 0. The number of hydrogen-bond donors (Lipinski definition) is 0. The minimum absolute atomic E-state index is 0.375. The third-order valence-electron chi connectivity index (χ3n) is 28.8. The molecule has 0 aromatic heterocycles. The van der Waals surface area contributed by atoms with Crippen molar-refractivity contribution in [2.45, 2.75) is 464 Å². The van der Waals surface area contributed by atoms with Gasteiger partial charge >= 0.3 is 0 Å². The minimum atomic E-state index is 0.375. The zero-order valence-electron chi connectivity index (χ0n) is 70.8. The number of fused-ring (bicyclic) bond motifs is 4. The van der Waals surface area contributed by atoms with E-state index >= 15 is 0 Å². The van der Waals surface area contributed by atoms with Crippen molar-refractivity contribution in [2.75, 3.05) is 0 Å². The molecule has 558 valence electrons. The van der Waals surface area contributed by atoms with Crippen LogP contribution in [0.4, 0.5) is 0 Å². The normalized spacial score (nSPS) is 31.0. The highest BCUT2D eigenvalue weighted by Crippen LogP contribution is 2.51. The zero-order valence-corrected chi connectivity index (χ0v) is 70.8. The number of rotatable bonds is 4. The van der Waals surface area contributed by atoms with E-state index in [9.17, 15) is 0 Å². The first kappa shape index (κ1) is 91.0. The van der Waals surface area contributed by atoms with Gasteiger partial charge in [0.15, 0.2) is 0 Å². The molecule has 11 saturated carbocycles. The van der Waals surface area contributed by atoms with Gasteiger partial charge in [-0.25, -0.2) is 0 Å². The largest absolute Gasteiger partial charge is 0.0654 e. The van der Waals surface area contributed by atoms with Gasteiger partial charge in [0.1, 0.15) is 0 Å². The molecule has 0 aromatic rings. The Morgan fingerprint density at radius 1 is 0.344 bits per heavy atom. The fourth-order valence-corrected chi connectivity index (χ4v) is 18.7. The lowest BCUT2D eigenvalue weighted by atomic mass is 9.56. The van der Waals surface area contributed by atoms with E-state index in [4.69, 9.17) is 0 Å². The van der Waals surface area contributed by atoms with Crippen molar-refractivity contribution in [3.05, 3.63) is 0 Å². The second kappa shape index (κ2) is 46.5. The van der Waals surface area contributed by atoms with E-state index in [2.05, 4.69) is 201 Å². The Balaban J connectivity index is 0.000000512. The Morgan fingerprint density at radius 2 is 0.720 bits per heavy atom. The molecule has 4 bridgehead atoms. The maximum Gasteiger partial charge on any atom is -0.0257 e. The summed E-state index contributed by atoms with van der Waals surface area (Å²) < 4.78 is 0. The summed E-state index contributed by atoms with van der Waals surface area (Å²) in [5.74, 6) is 17.8. The Kier molecular flexibility index (Phi) is 45.5. The van der Waals surface area contributed by atoms with Gasteiger partial charge in [-0.15, -0.1) is 0 Å². The fourth-order valence-electron chi connectivity index (χ4n) is 18.7. The van der Waals surface area contributed by atoms with Crippen LogP contribution in [0.3, 0.4) is 0 Å². The maximum atomic E-state index is 2.44. The van der Waals surface area contributed by atoms with Crippen LogP contribution in [0.1, 0.15) is 464 Å². The van der Waals surface area contributed by atoms with Gasteiger partial charge in [0.05, 0.1) is 0 Å². The van der Waals surface area contributed by atoms with Crippen molar-refractivity contribution in [1.82, 2.24) is 0 Å². The van der Waals surface area contributed by atoms with E-state index in [1.54, 1.807) is 51.4 Å². The molecule has 4 unspecified atom stereocenters. The fraction of sp³-hybridized carbons (Fsp3) is 1.00. The summed E-state index contributed by atoms with van der Waals surface area (Å²) in [5, 5.41) is 0. The molecule has 11 fully saturated rings. The Hall–Kier alpha value is 0. The predicted octanol–water partition coefficient (Wildman–Crippen LogP) is 33.0. The Bertz CT molecular complexity index is 1620. The third kappa shape index (κ3) is 39.7. The molecule has 11 rings (SSSR count). The predicted molar refractivity (Wildman–Crippen MR) is 428 cm³/mol. The van der Waals surface area contributed by atoms with E-state index in [-0.39, 0.29) is 0 Å². The standard InChI is InChI=1S/C11H24.C10H22.2C8H14.7C8H16/c1-9(2,3)11(7,8)10(4,5)6;1-8(9(2,3)4)10(5,6)7;1-6-4-7-2-3-8(6)5-7;1-6-7-2-3-8(6)5-4-7;1-7-3-5-8(2)6-4-7;1-7-4-3-5-8(2)6-7;1-8(2)6-4-3-5-7-8;1-7-5-3-4-6-8(7)2;1-7(2)8-5-3-4-6-8;1-2-8-6-4-3-5-7-8;1-2-5-8-6-3-4-7-8/h1-8H3;8H,1-7H3;2*6-8H,2-5H2,1H3;2*7-8H,3-6H2,1-2H3;3-7H2,1-2H3;2*7-8H,3-6H2,1-2H3;2*8H,2-7H2,1H3/t;;6-,7?,8?;;;7-,8?;;7-,8?;;;/m..0..1.1.../s1. The third-order valence-corrected chi connectivity index (χ3v) is 28.8. The molecule has 0 heteroatoms. The Morgan fingerprint density at radius 3 is 0.935 bits per heavy atom. The van der Waals surface area contributed by atoms with E-state index in [0.29, 0.717) is 32.5 Å². The van der Waals surface area contributed by atoms with Gasteiger partial charge in [0.25, 0.3) is 0 Å². The first-order chi connectivity index (χ1) is 43.1. The average molecular weight is 1300 g/mol. The summed E-state index contributed by atoms with van der Waals surface area (Å²) in [6.07, 6.45) is 61.2. The summed E-state index contributed by atoms with van der Waals surface area (Å²) in [4.78, 5) is 0. The molecule has 0 amide bonds. The van der Waals surface area contributed by atoms with Gasteiger partial charge < -0.3 is 0 Å². The van der Waals surface area contributed by atoms with Crippen molar-refractivity contribution in [3.63, 3.8) is 0 Å². The Labute approximate surface area is 593 Å². The lowest BCUT2D eigenvalue weighted by Gasteiger charge is -2.49. The second-order valence-electron chi connectivity index (χ2n) is 41.6. The van der Waals surface area contributed by atoms with E-state index < -0.39 is 0 Å². The molecule has 0 aliphatic heterocycles. The van der Waals surface area contributed by atoms with Gasteiger partial charge in [0, 0.05) is 0 Å². The molecular weight excluding hydrogens is 1120 g/mol. The van der Waals surface area contributed by atoms with Crippen LogP contribution in [0.25, 0.3) is 0 Å². The molecule has 0 N–H and O–H groups in total. The van der Waals surface area contributed by atoms with Crippen LogP contribution in [-0.2, 0) is 0 Å². The SMILES string of the molecule is CC(C(C)(C)C)C(C)(C)C.CC(C)(C)C(C)(C)C(C)(C)C.CC(C)C1CCCC1.CC1(C)CCCCC1.CC1C2CCC1CC2.CC1CCC(C)CC1.CC1CCCC[C@H]1C.CC1CCC[C@@H](C)C1.CCC1CCCCC1.CCCC1CCCC1.C[C@H]1CC2CCC1C2. The summed E-state index contributed by atoms with van der Waals surface area (Å²) in [6, 6.07) is 0. The topological polar surface area (TPSA) is 0 Å². The smallest absolute Gasteiger partial charge is 0.0257 e. The van der Waals surface area contributed by atoms with Crippen molar-refractivity contribution in [2.24, 2.45) is 133 Å². The molecular formula is C93H186. The van der Waals surface area contributed by atoms with E-state index in [0.717, 1.165) is 101 Å². The molecule has 0 heterocycles. The van der Waals surface area contributed by atoms with E-state index in [1.165, 1.54) is 212 Å². The van der Waals surface area contributed by atoms with Gasteiger partial charge in [-0.05, 0) is 197 Å². The van der Waals surface area contributed by atoms with Crippen LogP contribution in [0.2, 0.25) is 0 Å². The molecule has 0 saturated heterocycles. The van der Waals surface area contributed by atoms with Crippen LogP contribution in [0.5, 0.6) is 0 Å². The first-order valence-electron chi connectivity index (χ1n) is 43.1. The van der Waals surface area contributed by atoms with Gasteiger partial charge in [0.2, 0.25) is 0 Å². The van der Waals surface area contributed by atoms with Crippen molar-refractivity contribution < 1.29 is 0 Å². The van der Waals surface area contributed by atoms with Crippen LogP contribution >= 0.6 is 0 Å². The highest BCUT2D eigenvalue weighted by Gasteiger charge is 2.42. The second-order valence-corrected chi connectivity index (χ2v) is 41.6. The average Bonchev–Trinajstić information content (AvgIpc) is 1.78. The lowest BCUT2D eigenvalue weighted by Crippen LogP contribution is -2.41. The van der Waals surface area contributed by atoms with Gasteiger partial charge in [-0.2, -0.15) is 0 Å². The lowest BCUT2D eigenvalue weighted by molar-refractivity contribution is 0.00575. The molecule has 11 aliphatic rings. The van der Waals surface area contributed by atoms with Crippen LogP contribution in [-0.4, -0.2) is 0 Å². The minimum Gasteiger partial charge on any atom is -0.0654 e. The monoisotopic (exact) mass is 1300 g/mol. The summed E-state index contributed by atoms with van der Waals surface area (Å²) in [6.45, 7) is 67.9. The highest BCUT2D eigenvalue weighted by molar-refractivity contribution is 4.92. The molecule has 0 aromatic carbocycles. The van der Waals surface area contributed by atoms with Crippen molar-refractivity contribution in [3.8, 4) is 0 Å². The summed E-state index contributed by atoms with van der Waals surface area (Å²) in [5.41, 5.74) is 2.70. The maximum absolute atomic E-state index is 2.44. The van der Waals surface area contributed by atoms with Gasteiger partial charge in [-0.3, -0.25) is 0 Å². The molecule has 7 atom stereocenters. The van der Waals surface area contributed by atoms with Crippen molar-refractivity contribution in [1.29, 1.82) is 0 Å². The van der Waals surface area contributed by atoms with Crippen LogP contribution in [0.15, 0.2) is 0 Å². The molecule has 93 heavy (non-hydrogen) atoms. The van der Waals surface area contributed by atoms with Crippen LogP contribution < -0.4 is 0 Å². The zero-order chi connectivity index (χ0) is 70.8. The number of hydrogen-bond acceptors (Lipinski definition) is 0. The van der Waals surface area contributed by atoms with Crippen molar-refractivity contribution >= 4 is 0 Å². The summed E-state index contributed by atoms with van der Waals surface area (Å²) in [7, 11) is 0. The molecule has 0 spiro atoms. The molecule has 11 aliphatic carbocycles. The molecule has 0 nitrogen and oxygen atoms in total. The quantitative estimate of drug-likeness (QED) is 0.263. The van der Waals surface area contributed by atoms with E-state index in [1.807, 2.05) is 0 Å². The first-order valence-corrected chi connectivity index (χ1v) is 43.1. The molecule has 0 radical (unpaired) electrons. The van der Waals surface area contributed by atoms with Crippen LogP contribution in [0, 0.1) is 133 Å².